The maximum absolute atomic E-state index is 14.0. The number of methoxy groups -OCH3 is 1. The molecule has 4 saturated heterocycles. The Labute approximate surface area is 314 Å². The van der Waals surface area contributed by atoms with Crippen LogP contribution in [0, 0.1) is 0 Å². The predicted octanol–water partition coefficient (Wildman–Crippen LogP) is 2.12. The number of hydrogen-bond donors (Lipinski definition) is 0. The maximum Gasteiger partial charge on any atom is 0.475 e. The first-order valence-electron chi connectivity index (χ1n) is 17.5. The van der Waals surface area contributed by atoms with Crippen LogP contribution in [-0.4, -0.2) is 117 Å². The highest BCUT2D eigenvalue weighted by molar-refractivity contribution is 7.48. The lowest BCUT2D eigenvalue weighted by molar-refractivity contribution is -0.199. The number of imidazole rings is 1. The van der Waals surface area contributed by atoms with Gasteiger partial charge in [-0.05, 0) is 19.4 Å². The van der Waals surface area contributed by atoms with E-state index in [1.165, 1.54) is 30.3 Å². The minimum atomic E-state index is -4.25. The zero-order valence-electron chi connectivity index (χ0n) is 30.6. The number of phosphoric ester groups is 1. The minimum Gasteiger partial charge on any atom is -0.374 e. The summed E-state index contributed by atoms with van der Waals surface area (Å²) in [6.45, 7) is 3.02. The van der Waals surface area contributed by atoms with Crippen molar-refractivity contribution < 1.29 is 46.6 Å². The molecule has 55 heavy (non-hydrogen) atoms. The smallest absolute Gasteiger partial charge is 0.374 e. The van der Waals surface area contributed by atoms with Crippen LogP contribution in [0.4, 0.5) is 5.82 Å². The van der Waals surface area contributed by atoms with E-state index in [0.717, 1.165) is 10.1 Å². The molecule has 4 fully saturated rings. The average molecular weight is 785 g/mol. The van der Waals surface area contributed by atoms with Crippen LogP contribution in [-0.2, 0) is 59.9 Å². The number of ether oxygens (including phenoxy) is 6. The van der Waals surface area contributed by atoms with E-state index in [-0.39, 0.29) is 26.6 Å². The van der Waals surface area contributed by atoms with Crippen LogP contribution in [0.5, 0.6) is 0 Å². The van der Waals surface area contributed by atoms with Crippen molar-refractivity contribution in [2.45, 2.75) is 82.1 Å². The molecule has 21 heteroatoms. The van der Waals surface area contributed by atoms with Gasteiger partial charge in [0.05, 0.1) is 32.5 Å². The summed E-state index contributed by atoms with van der Waals surface area (Å²) in [5.74, 6) is -0.584. The summed E-state index contributed by atoms with van der Waals surface area (Å²) in [4.78, 5) is 45.6. The molecule has 0 amide bonds. The fourth-order valence-electron chi connectivity index (χ4n) is 7.00. The van der Waals surface area contributed by atoms with Gasteiger partial charge in [0.1, 0.15) is 49.7 Å². The number of aliphatic imine (C=N–C) groups is 1. The molecule has 0 aliphatic carbocycles. The van der Waals surface area contributed by atoms with Crippen LogP contribution >= 0.6 is 7.82 Å². The zero-order valence-corrected chi connectivity index (χ0v) is 31.5. The highest BCUT2D eigenvalue weighted by atomic mass is 31.2. The summed E-state index contributed by atoms with van der Waals surface area (Å²) < 4.78 is 71.8. The zero-order chi connectivity index (χ0) is 38.5. The summed E-state index contributed by atoms with van der Waals surface area (Å²) in [5, 5.41) is 0. The van der Waals surface area contributed by atoms with Gasteiger partial charge in [0, 0.05) is 33.5 Å². The molecule has 3 aromatic heterocycles. The lowest BCUT2D eigenvalue weighted by atomic mass is 10.1. The average Bonchev–Trinajstić information content (AvgIpc) is 3.91. The third kappa shape index (κ3) is 7.42. The molecule has 1 aromatic carbocycles. The van der Waals surface area contributed by atoms with Crippen LogP contribution < -0.4 is 11.2 Å². The quantitative estimate of drug-likeness (QED) is 0.115. The maximum atomic E-state index is 14.0. The summed E-state index contributed by atoms with van der Waals surface area (Å²) >= 11 is 0. The summed E-state index contributed by atoms with van der Waals surface area (Å²) in [7, 11) is 0.850. The number of phosphoric acid groups is 1. The second kappa shape index (κ2) is 15.0. The van der Waals surface area contributed by atoms with Crippen molar-refractivity contribution in [2.75, 3.05) is 34.4 Å². The second-order valence-corrected chi connectivity index (χ2v) is 15.6. The van der Waals surface area contributed by atoms with Gasteiger partial charge in [0.15, 0.2) is 35.2 Å². The van der Waals surface area contributed by atoms with Gasteiger partial charge in [0.25, 0.3) is 5.56 Å². The van der Waals surface area contributed by atoms with Crippen molar-refractivity contribution in [3.8, 4) is 0 Å². The lowest BCUT2D eigenvalue weighted by Gasteiger charge is -2.32. The van der Waals surface area contributed by atoms with Gasteiger partial charge < -0.3 is 33.3 Å². The van der Waals surface area contributed by atoms with Crippen LogP contribution in [0.2, 0.25) is 0 Å². The summed E-state index contributed by atoms with van der Waals surface area (Å²) in [6, 6.07) is 10.6. The molecular formula is C34H41N8O12P. The Kier molecular flexibility index (Phi) is 10.3. The van der Waals surface area contributed by atoms with Crippen molar-refractivity contribution in [1.82, 2.24) is 33.6 Å². The number of aromatic nitrogens is 6. The highest BCUT2D eigenvalue weighted by Crippen LogP contribution is 2.57. The summed E-state index contributed by atoms with van der Waals surface area (Å²) in [6.07, 6.45) is -0.650. The van der Waals surface area contributed by atoms with Crippen molar-refractivity contribution in [2.24, 2.45) is 4.99 Å². The van der Waals surface area contributed by atoms with Gasteiger partial charge in [-0.25, -0.2) is 33.9 Å². The molecule has 7 heterocycles. The van der Waals surface area contributed by atoms with Crippen molar-refractivity contribution in [3.63, 3.8) is 0 Å². The molecule has 0 unspecified atom stereocenters. The molecule has 8 rings (SSSR count). The molecule has 0 radical (unpaired) electrons. The van der Waals surface area contributed by atoms with Gasteiger partial charge in [-0.2, -0.15) is 0 Å². The standard InChI is InChI=1S/C34H41N8O12P/c1-34(2)52-25-21(50-32(28(25)53-34)41-18-37-24-29(38-17-39(3)4)35-16-36-30(24)41)14-48-55(45)49-15-22-26(54-55)27(46-5)31(51-22)40-12-11-23(43)42(33(40)44)19-47-13-20-9-7-6-8-10-20/h6-12,16-18,21-22,25-28,31-32H,13-15,19H2,1-5H3/b38-17+/t21-,22-,25-,26-,27-,28-,31-,32-,55-/m1/s1. The van der Waals surface area contributed by atoms with E-state index < -0.39 is 73.9 Å². The Balaban J connectivity index is 0.962. The van der Waals surface area contributed by atoms with E-state index >= 15 is 0 Å². The molecule has 4 aromatic rings. The van der Waals surface area contributed by atoms with E-state index in [0.29, 0.717) is 17.0 Å². The molecular weight excluding hydrogens is 743 g/mol. The van der Waals surface area contributed by atoms with E-state index in [9.17, 15) is 14.2 Å². The van der Waals surface area contributed by atoms with Crippen LogP contribution in [0.3, 0.4) is 0 Å². The van der Waals surface area contributed by atoms with Gasteiger partial charge in [-0.1, -0.05) is 30.3 Å². The van der Waals surface area contributed by atoms with Crippen LogP contribution in [0.1, 0.15) is 31.9 Å². The Bertz CT molecular complexity index is 2210. The predicted molar refractivity (Wildman–Crippen MR) is 190 cm³/mol. The second-order valence-electron chi connectivity index (χ2n) is 14.0. The fraction of sp³-hybridized carbons (Fsp3) is 0.529. The number of nitrogens with zero attached hydrogens (tertiary/aromatic N) is 8. The third-order valence-corrected chi connectivity index (χ3v) is 10.9. The minimum absolute atomic E-state index is 0.195. The van der Waals surface area contributed by atoms with Gasteiger partial charge in [0.2, 0.25) is 0 Å². The SMILES string of the molecule is CO[C@@H]1[C@@H]2O[P@](=O)(OC[C@H]3O[C@@H](n4cnc5c(/N=C/N(C)C)ncnc54)[C@@H]4OC(C)(C)O[C@@H]43)OC[C@H]2O[C@H]1n1ccc(=O)n(COCc2ccccc2)c1=O. The third-order valence-electron chi connectivity index (χ3n) is 9.45. The molecule has 20 nitrogen and oxygen atoms in total. The molecule has 9 atom stereocenters. The van der Waals surface area contributed by atoms with Crippen LogP contribution in [0.25, 0.3) is 11.2 Å². The Morgan fingerprint density at radius 1 is 1.02 bits per heavy atom. The number of benzene rings is 1. The van der Waals surface area contributed by atoms with Crippen molar-refractivity contribution in [1.29, 1.82) is 0 Å². The molecule has 0 spiro atoms. The van der Waals surface area contributed by atoms with Crippen LogP contribution in [0.15, 0.2) is 69.8 Å². The monoisotopic (exact) mass is 784 g/mol. The van der Waals surface area contributed by atoms with Crippen molar-refractivity contribution in [3.05, 3.63) is 81.7 Å². The number of fused-ring (bicyclic) bond motifs is 3. The molecule has 4 aliphatic heterocycles. The normalized spacial score (nSPS) is 31.3. The fourth-order valence-corrected chi connectivity index (χ4v) is 8.41. The Morgan fingerprint density at radius 2 is 1.82 bits per heavy atom. The topological polar surface area (TPSA) is 203 Å². The first kappa shape index (κ1) is 37.7. The highest BCUT2D eigenvalue weighted by Gasteiger charge is 2.58. The lowest BCUT2D eigenvalue weighted by Crippen LogP contribution is -2.44. The first-order valence-corrected chi connectivity index (χ1v) is 19.0. The Hall–Kier alpha value is -4.21. The van der Waals surface area contributed by atoms with Crippen molar-refractivity contribution >= 4 is 31.1 Å². The molecule has 0 N–H and O–H groups in total. The van der Waals surface area contributed by atoms with E-state index in [2.05, 4.69) is 19.9 Å². The largest absolute Gasteiger partial charge is 0.475 e. The Morgan fingerprint density at radius 3 is 2.60 bits per heavy atom. The van der Waals surface area contributed by atoms with E-state index in [1.54, 1.807) is 36.0 Å². The first-order chi connectivity index (χ1) is 26.4. The molecule has 4 aliphatic rings. The summed E-state index contributed by atoms with van der Waals surface area (Å²) in [5.41, 5.74) is 0.568. The van der Waals surface area contributed by atoms with E-state index in [4.69, 9.17) is 42.0 Å². The number of hydrogen-bond acceptors (Lipinski definition) is 16. The molecule has 0 bridgehead atoms. The van der Waals surface area contributed by atoms with Gasteiger partial charge in [-0.15, -0.1) is 0 Å². The molecule has 294 valence electrons. The van der Waals surface area contributed by atoms with Gasteiger partial charge >= 0.3 is 13.5 Å². The molecule has 0 saturated carbocycles. The number of rotatable bonds is 12. The van der Waals surface area contributed by atoms with E-state index in [1.807, 2.05) is 44.4 Å². The van der Waals surface area contributed by atoms with Gasteiger partial charge in [-0.3, -0.25) is 27.5 Å².